The van der Waals surface area contributed by atoms with Gasteiger partial charge in [-0.3, -0.25) is 0 Å². The van der Waals surface area contributed by atoms with E-state index in [9.17, 15) is 0 Å². The van der Waals surface area contributed by atoms with Crippen molar-refractivity contribution in [1.29, 1.82) is 0 Å². The Kier molecular flexibility index (Phi) is 4.37. The molecule has 0 bridgehead atoms. The highest BCUT2D eigenvalue weighted by Gasteiger charge is 2.09. The van der Waals surface area contributed by atoms with Gasteiger partial charge in [0, 0.05) is 15.4 Å². The third-order valence-corrected chi connectivity index (χ3v) is 4.35. The van der Waals surface area contributed by atoms with E-state index < -0.39 is 0 Å². The molecule has 0 fully saturated rings. The van der Waals surface area contributed by atoms with Crippen LogP contribution >= 0.6 is 27.3 Å². The Bertz CT molecular complexity index is 479. The molecule has 2 rings (SSSR count). The molecule has 1 aromatic heterocycles. The second-order valence-electron chi connectivity index (χ2n) is 4.23. The number of hydrogen-bond donors (Lipinski definition) is 1. The summed E-state index contributed by atoms with van der Waals surface area (Å²) in [6.45, 7) is 2.12. The predicted molar refractivity (Wildman–Crippen MR) is 78.4 cm³/mol. The Morgan fingerprint density at radius 1 is 1.35 bits per heavy atom. The minimum absolute atomic E-state index is 0.120. The fourth-order valence-corrected chi connectivity index (χ4v) is 3.02. The third-order valence-electron chi connectivity index (χ3n) is 2.92. The SMILES string of the molecule is Cc1ccc(Br)cc1C(N)CCc1cccs1. The van der Waals surface area contributed by atoms with E-state index in [1.807, 2.05) is 0 Å². The Morgan fingerprint density at radius 2 is 2.18 bits per heavy atom. The monoisotopic (exact) mass is 309 g/mol. The van der Waals surface area contributed by atoms with Crippen molar-refractivity contribution >= 4 is 27.3 Å². The van der Waals surface area contributed by atoms with Crippen LogP contribution in [0.5, 0.6) is 0 Å². The molecule has 1 nitrogen and oxygen atoms in total. The van der Waals surface area contributed by atoms with Crippen molar-refractivity contribution in [3.8, 4) is 0 Å². The lowest BCUT2D eigenvalue weighted by Crippen LogP contribution is -2.12. The average Bonchev–Trinajstić information content (AvgIpc) is 2.82. The van der Waals surface area contributed by atoms with Crippen LogP contribution < -0.4 is 5.73 Å². The molecule has 2 aromatic rings. The highest BCUT2D eigenvalue weighted by Crippen LogP contribution is 2.24. The number of rotatable bonds is 4. The van der Waals surface area contributed by atoms with Gasteiger partial charge in [0.25, 0.3) is 0 Å². The normalized spacial score (nSPS) is 12.6. The van der Waals surface area contributed by atoms with E-state index in [1.54, 1.807) is 11.3 Å². The summed E-state index contributed by atoms with van der Waals surface area (Å²) in [6, 6.07) is 10.7. The summed E-state index contributed by atoms with van der Waals surface area (Å²) in [5.41, 5.74) is 8.78. The van der Waals surface area contributed by atoms with E-state index in [0.717, 1.165) is 17.3 Å². The summed E-state index contributed by atoms with van der Waals surface area (Å²) in [4.78, 5) is 1.41. The molecule has 1 heterocycles. The Morgan fingerprint density at radius 3 is 2.88 bits per heavy atom. The largest absolute Gasteiger partial charge is 0.324 e. The molecule has 2 N–H and O–H groups in total. The van der Waals surface area contributed by atoms with Gasteiger partial charge < -0.3 is 5.73 Å². The van der Waals surface area contributed by atoms with Gasteiger partial charge in [0.05, 0.1) is 0 Å². The van der Waals surface area contributed by atoms with Crippen molar-refractivity contribution in [2.24, 2.45) is 5.73 Å². The van der Waals surface area contributed by atoms with Gasteiger partial charge in [-0.2, -0.15) is 0 Å². The fraction of sp³-hybridized carbons (Fsp3) is 0.286. The molecule has 0 aliphatic heterocycles. The minimum atomic E-state index is 0.120. The molecular formula is C14H16BrNS. The molecule has 0 saturated carbocycles. The van der Waals surface area contributed by atoms with Crippen molar-refractivity contribution in [2.45, 2.75) is 25.8 Å². The van der Waals surface area contributed by atoms with Gasteiger partial charge in [0.15, 0.2) is 0 Å². The summed E-state index contributed by atoms with van der Waals surface area (Å²) < 4.78 is 1.10. The summed E-state index contributed by atoms with van der Waals surface area (Å²) >= 11 is 5.30. The smallest absolute Gasteiger partial charge is 0.0301 e. The van der Waals surface area contributed by atoms with Crippen LogP contribution in [0.3, 0.4) is 0 Å². The van der Waals surface area contributed by atoms with Crippen LogP contribution in [0.1, 0.15) is 28.5 Å². The molecule has 1 aromatic carbocycles. The van der Waals surface area contributed by atoms with E-state index in [2.05, 4.69) is 58.6 Å². The van der Waals surface area contributed by atoms with Gasteiger partial charge >= 0.3 is 0 Å². The standard InChI is InChI=1S/C14H16BrNS/c1-10-4-5-11(15)9-13(10)14(16)7-6-12-3-2-8-17-12/h2-5,8-9,14H,6-7,16H2,1H3. The van der Waals surface area contributed by atoms with E-state index in [1.165, 1.54) is 16.0 Å². The lowest BCUT2D eigenvalue weighted by atomic mass is 9.98. The first-order valence-corrected chi connectivity index (χ1v) is 7.38. The second-order valence-corrected chi connectivity index (χ2v) is 6.17. The molecule has 0 spiro atoms. The summed E-state index contributed by atoms with van der Waals surface area (Å²) in [6.07, 6.45) is 2.06. The van der Waals surface area contributed by atoms with Crippen LogP contribution in [0.15, 0.2) is 40.2 Å². The van der Waals surface area contributed by atoms with Gasteiger partial charge in [-0.1, -0.05) is 28.1 Å². The van der Waals surface area contributed by atoms with Crippen LogP contribution in [0, 0.1) is 6.92 Å². The lowest BCUT2D eigenvalue weighted by molar-refractivity contribution is 0.651. The molecule has 0 saturated heterocycles. The van der Waals surface area contributed by atoms with E-state index >= 15 is 0 Å². The molecule has 0 aliphatic carbocycles. The fourth-order valence-electron chi connectivity index (χ4n) is 1.92. The maximum atomic E-state index is 6.27. The molecule has 0 amide bonds. The van der Waals surface area contributed by atoms with Gasteiger partial charge in [0.2, 0.25) is 0 Å². The topological polar surface area (TPSA) is 26.0 Å². The molecule has 17 heavy (non-hydrogen) atoms. The van der Waals surface area contributed by atoms with Crippen molar-refractivity contribution in [1.82, 2.24) is 0 Å². The van der Waals surface area contributed by atoms with E-state index in [-0.39, 0.29) is 6.04 Å². The minimum Gasteiger partial charge on any atom is -0.324 e. The maximum absolute atomic E-state index is 6.27. The van der Waals surface area contributed by atoms with Crippen molar-refractivity contribution in [3.05, 3.63) is 56.2 Å². The second kappa shape index (κ2) is 5.80. The van der Waals surface area contributed by atoms with Gasteiger partial charge in [-0.25, -0.2) is 0 Å². The van der Waals surface area contributed by atoms with Crippen LogP contribution in [0.4, 0.5) is 0 Å². The first kappa shape index (κ1) is 12.8. The molecule has 1 atom stereocenters. The zero-order valence-corrected chi connectivity index (χ0v) is 12.2. The average molecular weight is 310 g/mol. The summed E-state index contributed by atoms with van der Waals surface area (Å²) in [5, 5.41) is 2.12. The van der Waals surface area contributed by atoms with Crippen molar-refractivity contribution in [3.63, 3.8) is 0 Å². The first-order chi connectivity index (χ1) is 8.16. The van der Waals surface area contributed by atoms with E-state index in [4.69, 9.17) is 5.73 Å². The van der Waals surface area contributed by atoms with Crippen molar-refractivity contribution in [2.75, 3.05) is 0 Å². The Balaban J connectivity index is 2.04. The molecule has 90 valence electrons. The first-order valence-electron chi connectivity index (χ1n) is 5.71. The highest BCUT2D eigenvalue weighted by atomic mass is 79.9. The summed E-state index contributed by atoms with van der Waals surface area (Å²) in [5.74, 6) is 0. The quantitative estimate of drug-likeness (QED) is 0.887. The predicted octanol–water partition coefficient (Wildman–Crippen LogP) is 4.45. The zero-order chi connectivity index (χ0) is 12.3. The number of aryl methyl sites for hydroxylation is 2. The highest BCUT2D eigenvalue weighted by molar-refractivity contribution is 9.10. The third kappa shape index (κ3) is 3.41. The van der Waals surface area contributed by atoms with Crippen LogP contribution in [-0.2, 0) is 6.42 Å². The van der Waals surface area contributed by atoms with E-state index in [0.29, 0.717) is 0 Å². The van der Waals surface area contributed by atoms with Crippen molar-refractivity contribution < 1.29 is 0 Å². The number of nitrogens with two attached hydrogens (primary N) is 1. The van der Waals surface area contributed by atoms with Gasteiger partial charge in [-0.05, 0) is 54.5 Å². The molecule has 0 aliphatic rings. The molecule has 3 heteroatoms. The Labute approximate surface area is 115 Å². The number of thiophene rings is 1. The summed E-state index contributed by atoms with van der Waals surface area (Å²) in [7, 11) is 0. The van der Waals surface area contributed by atoms with Crippen LogP contribution in [0.2, 0.25) is 0 Å². The zero-order valence-electron chi connectivity index (χ0n) is 9.82. The Hall–Kier alpha value is -0.640. The number of halogens is 1. The maximum Gasteiger partial charge on any atom is 0.0301 e. The molecule has 0 radical (unpaired) electrons. The number of benzene rings is 1. The van der Waals surface area contributed by atoms with Gasteiger partial charge in [-0.15, -0.1) is 11.3 Å². The number of hydrogen-bond acceptors (Lipinski definition) is 2. The lowest BCUT2D eigenvalue weighted by Gasteiger charge is -2.14. The molecule has 1 unspecified atom stereocenters. The molecular weight excluding hydrogens is 294 g/mol. The van der Waals surface area contributed by atoms with Crippen LogP contribution in [0.25, 0.3) is 0 Å². The van der Waals surface area contributed by atoms with Crippen LogP contribution in [-0.4, -0.2) is 0 Å². The van der Waals surface area contributed by atoms with Gasteiger partial charge in [0.1, 0.15) is 0 Å².